The highest BCUT2D eigenvalue weighted by Crippen LogP contribution is 2.30. The van der Waals surface area contributed by atoms with Crippen LogP contribution in [0.3, 0.4) is 0 Å². The van der Waals surface area contributed by atoms with Crippen LogP contribution in [-0.2, 0) is 10.9 Å². The number of hydrogen-bond donors (Lipinski definition) is 3. The average molecular weight is 569 g/mol. The number of aromatic nitrogens is 6. The summed E-state index contributed by atoms with van der Waals surface area (Å²) >= 11 is 0. The molecule has 1 aliphatic heterocycles. The van der Waals surface area contributed by atoms with Gasteiger partial charge in [0.1, 0.15) is 24.3 Å². The molecule has 0 unspecified atom stereocenters. The Morgan fingerprint density at radius 1 is 1.00 bits per heavy atom. The highest BCUT2D eigenvalue weighted by atomic mass is 19.4. The van der Waals surface area contributed by atoms with Crippen molar-refractivity contribution < 1.29 is 22.7 Å². The summed E-state index contributed by atoms with van der Waals surface area (Å²) in [5.74, 6) is 0.602. The summed E-state index contributed by atoms with van der Waals surface area (Å²) in [6.07, 6.45) is -0.772. The smallest absolute Gasteiger partial charge is 0.379 e. The Morgan fingerprint density at radius 3 is 2.63 bits per heavy atom. The van der Waals surface area contributed by atoms with Gasteiger partial charge in [-0.25, -0.2) is 15.0 Å². The van der Waals surface area contributed by atoms with Crippen LogP contribution in [0.5, 0.6) is 0 Å². The molecule has 0 aliphatic carbocycles. The maximum absolute atomic E-state index is 13.0. The van der Waals surface area contributed by atoms with E-state index in [9.17, 15) is 18.0 Å². The van der Waals surface area contributed by atoms with Gasteiger partial charge in [-0.1, -0.05) is 6.07 Å². The molecule has 0 radical (unpaired) electrons. The van der Waals surface area contributed by atoms with Gasteiger partial charge in [-0.2, -0.15) is 27.9 Å². The molecule has 1 fully saturated rings. The van der Waals surface area contributed by atoms with Gasteiger partial charge in [-0.05, 0) is 36.8 Å². The van der Waals surface area contributed by atoms with E-state index in [1.165, 1.54) is 17.3 Å². The fourth-order valence-electron chi connectivity index (χ4n) is 4.10. The predicted octanol–water partition coefficient (Wildman–Crippen LogP) is 3.52. The first-order valence-corrected chi connectivity index (χ1v) is 12.7. The van der Waals surface area contributed by atoms with E-state index in [0.29, 0.717) is 29.8 Å². The van der Waals surface area contributed by atoms with Crippen LogP contribution in [0.15, 0.2) is 55.2 Å². The van der Waals surface area contributed by atoms with Gasteiger partial charge >= 0.3 is 6.18 Å². The Kier molecular flexibility index (Phi) is 8.35. The van der Waals surface area contributed by atoms with Crippen molar-refractivity contribution in [2.75, 3.05) is 55.3 Å². The van der Waals surface area contributed by atoms with Crippen LogP contribution in [0.25, 0.3) is 5.82 Å². The number of morpholine rings is 1. The molecule has 1 aromatic carbocycles. The van der Waals surface area contributed by atoms with Gasteiger partial charge in [-0.15, -0.1) is 0 Å². The molecular formula is C26H27F3N10O2. The Labute approximate surface area is 233 Å². The summed E-state index contributed by atoms with van der Waals surface area (Å²) in [5.41, 5.74) is 0.633. The molecule has 5 rings (SSSR count). The number of alkyl halides is 3. The Bertz CT molecular complexity index is 1500. The summed E-state index contributed by atoms with van der Waals surface area (Å²) in [6, 6.07) is 8.20. The minimum atomic E-state index is -4.55. The number of nitrogens with one attached hydrogen (secondary N) is 3. The summed E-state index contributed by atoms with van der Waals surface area (Å²) in [7, 11) is 0. The summed E-state index contributed by atoms with van der Waals surface area (Å²) in [6.45, 7) is 6.65. The number of nitrogens with zero attached hydrogens (tertiary/aromatic N) is 7. The van der Waals surface area contributed by atoms with Crippen LogP contribution in [0.1, 0.15) is 21.5 Å². The molecule has 1 amide bonds. The zero-order valence-electron chi connectivity index (χ0n) is 22.0. The van der Waals surface area contributed by atoms with E-state index >= 15 is 0 Å². The number of ether oxygens (including phenoxy) is 1. The number of halogens is 3. The molecule has 0 atom stereocenters. The Morgan fingerprint density at radius 2 is 1.83 bits per heavy atom. The monoisotopic (exact) mass is 568 g/mol. The van der Waals surface area contributed by atoms with Crippen molar-refractivity contribution in [1.29, 1.82) is 0 Å². The summed E-state index contributed by atoms with van der Waals surface area (Å²) in [5, 5.41) is 13.1. The normalized spacial score (nSPS) is 14.0. The number of hydrogen-bond acceptors (Lipinski definition) is 10. The van der Waals surface area contributed by atoms with E-state index in [1.54, 1.807) is 24.3 Å². The number of pyridine rings is 1. The van der Waals surface area contributed by atoms with E-state index in [0.717, 1.165) is 56.7 Å². The fourth-order valence-corrected chi connectivity index (χ4v) is 4.10. The molecule has 12 nitrogen and oxygen atoms in total. The number of carbonyl (C=O) groups is 1. The van der Waals surface area contributed by atoms with Crippen molar-refractivity contribution in [3.05, 3.63) is 71.9 Å². The maximum Gasteiger partial charge on any atom is 0.416 e. The van der Waals surface area contributed by atoms with Crippen molar-refractivity contribution in [1.82, 2.24) is 34.6 Å². The zero-order chi connectivity index (χ0) is 28.8. The van der Waals surface area contributed by atoms with Crippen LogP contribution in [0.4, 0.5) is 36.4 Å². The second-order valence-corrected chi connectivity index (χ2v) is 9.17. The van der Waals surface area contributed by atoms with E-state index in [2.05, 4.69) is 45.9 Å². The number of benzene rings is 1. The average Bonchev–Trinajstić information content (AvgIpc) is 3.43. The van der Waals surface area contributed by atoms with Crippen LogP contribution in [-0.4, -0.2) is 79.9 Å². The third-order valence-electron chi connectivity index (χ3n) is 6.33. The van der Waals surface area contributed by atoms with Crippen LogP contribution in [0.2, 0.25) is 0 Å². The molecule has 4 aromatic rings. The van der Waals surface area contributed by atoms with E-state index in [-0.39, 0.29) is 11.4 Å². The second-order valence-electron chi connectivity index (χ2n) is 9.17. The first kappa shape index (κ1) is 27.9. The lowest BCUT2D eigenvalue weighted by Crippen LogP contribution is -2.39. The highest BCUT2D eigenvalue weighted by molar-refractivity contribution is 6.04. The van der Waals surface area contributed by atoms with Crippen LogP contribution in [0, 0.1) is 6.92 Å². The van der Waals surface area contributed by atoms with Crippen LogP contribution < -0.4 is 16.0 Å². The van der Waals surface area contributed by atoms with Crippen LogP contribution >= 0.6 is 0 Å². The third kappa shape index (κ3) is 7.12. The number of amides is 1. The van der Waals surface area contributed by atoms with E-state index in [1.807, 2.05) is 6.92 Å². The lowest BCUT2D eigenvalue weighted by molar-refractivity contribution is -0.137. The Hall–Kier alpha value is -4.63. The molecule has 1 aliphatic rings. The van der Waals surface area contributed by atoms with E-state index in [4.69, 9.17) is 4.74 Å². The minimum absolute atomic E-state index is 0.206. The SMILES string of the molecule is Cc1ccc(C(=O)Nc2cc(C(F)(F)F)ccn2)cc1Nc1ncnn1-c1cc(NCCN2CCOCC2)ncn1. The van der Waals surface area contributed by atoms with Gasteiger partial charge in [0, 0.05) is 49.7 Å². The van der Waals surface area contributed by atoms with Crippen molar-refractivity contribution in [2.45, 2.75) is 13.1 Å². The van der Waals surface area contributed by atoms with Crippen molar-refractivity contribution >= 4 is 29.2 Å². The molecule has 3 aromatic heterocycles. The third-order valence-corrected chi connectivity index (χ3v) is 6.33. The molecule has 0 spiro atoms. The van der Waals surface area contributed by atoms with Gasteiger partial charge < -0.3 is 20.7 Å². The molecule has 4 heterocycles. The van der Waals surface area contributed by atoms with E-state index < -0.39 is 17.6 Å². The fraction of sp³-hybridized carbons (Fsp3) is 0.308. The minimum Gasteiger partial charge on any atom is -0.379 e. The quantitative estimate of drug-likeness (QED) is 0.275. The molecule has 15 heteroatoms. The van der Waals surface area contributed by atoms with Gasteiger partial charge in [0.15, 0.2) is 5.82 Å². The van der Waals surface area contributed by atoms with Crippen molar-refractivity contribution in [3.8, 4) is 5.82 Å². The molecule has 3 N–H and O–H groups in total. The second kappa shape index (κ2) is 12.3. The molecule has 0 bridgehead atoms. The number of rotatable bonds is 9. The van der Waals surface area contributed by atoms with Crippen molar-refractivity contribution in [3.63, 3.8) is 0 Å². The number of carbonyl (C=O) groups excluding carboxylic acids is 1. The molecular weight excluding hydrogens is 541 g/mol. The van der Waals surface area contributed by atoms with Gasteiger partial charge in [-0.3, -0.25) is 9.69 Å². The lowest BCUT2D eigenvalue weighted by Gasteiger charge is -2.26. The topological polar surface area (TPSA) is 135 Å². The van der Waals surface area contributed by atoms with Gasteiger partial charge in [0.25, 0.3) is 5.91 Å². The largest absolute Gasteiger partial charge is 0.416 e. The Balaban J connectivity index is 1.27. The highest BCUT2D eigenvalue weighted by Gasteiger charge is 2.31. The van der Waals surface area contributed by atoms with Gasteiger partial charge in [0.05, 0.1) is 18.8 Å². The maximum atomic E-state index is 13.0. The number of aryl methyl sites for hydroxylation is 1. The standard InChI is InChI=1S/C26H27F3N10O2/c1-17-2-3-18(24(40)37-22-13-19(4-5-30-22)26(27,28)29)12-20(17)36-25-34-16-35-39(25)23-14-21(32-15-33-23)31-6-7-38-8-10-41-11-9-38/h2-5,12-16H,6-11H2,1H3,(H,30,37,40)(H,31,32,33)(H,34,35,36). The van der Waals surface area contributed by atoms with Gasteiger partial charge in [0.2, 0.25) is 5.95 Å². The molecule has 214 valence electrons. The van der Waals surface area contributed by atoms with Crippen molar-refractivity contribution in [2.24, 2.45) is 0 Å². The predicted molar refractivity (Wildman–Crippen MR) is 144 cm³/mol. The summed E-state index contributed by atoms with van der Waals surface area (Å²) in [4.78, 5) is 31.8. The first-order valence-electron chi connectivity index (χ1n) is 12.7. The molecule has 0 saturated carbocycles. The zero-order valence-corrected chi connectivity index (χ0v) is 22.0. The summed E-state index contributed by atoms with van der Waals surface area (Å²) < 4.78 is 46.0. The lowest BCUT2D eigenvalue weighted by atomic mass is 10.1. The molecule has 41 heavy (non-hydrogen) atoms. The number of anilines is 4. The molecule has 1 saturated heterocycles. The first-order chi connectivity index (χ1) is 19.8.